The lowest BCUT2D eigenvalue weighted by Gasteiger charge is -2.28. The van der Waals surface area contributed by atoms with Crippen molar-refractivity contribution < 1.29 is 9.59 Å². The highest BCUT2D eigenvalue weighted by atomic mass is 35.5. The zero-order chi connectivity index (χ0) is 16.6. The van der Waals surface area contributed by atoms with Gasteiger partial charge in [0, 0.05) is 25.2 Å². The Kier molecular flexibility index (Phi) is 9.53. The molecule has 0 aliphatic rings. The van der Waals surface area contributed by atoms with Gasteiger partial charge in [-0.15, -0.1) is 12.4 Å². The molecule has 0 aliphatic carbocycles. The van der Waals surface area contributed by atoms with Crippen molar-refractivity contribution in [1.82, 2.24) is 10.6 Å². The monoisotopic (exact) mass is 341 g/mol. The average molecular weight is 342 g/mol. The first-order valence-electron chi connectivity index (χ1n) is 7.88. The molecule has 4 N–H and O–H groups in total. The molecule has 0 saturated carbocycles. The molecule has 5 nitrogen and oxygen atoms in total. The smallest absolute Gasteiger partial charge is 0.251 e. The van der Waals surface area contributed by atoms with Crippen LogP contribution in [0.4, 0.5) is 0 Å². The van der Waals surface area contributed by atoms with Crippen molar-refractivity contribution in [2.24, 2.45) is 11.1 Å². The van der Waals surface area contributed by atoms with Crippen LogP contribution < -0.4 is 16.4 Å². The largest absolute Gasteiger partial charge is 0.352 e. The fourth-order valence-corrected chi connectivity index (χ4v) is 2.36. The van der Waals surface area contributed by atoms with E-state index in [4.69, 9.17) is 5.73 Å². The molecule has 130 valence electrons. The second-order valence-corrected chi connectivity index (χ2v) is 5.43. The van der Waals surface area contributed by atoms with Crippen LogP contribution in [0.3, 0.4) is 0 Å². The summed E-state index contributed by atoms with van der Waals surface area (Å²) in [5.41, 5.74) is 6.87. The van der Waals surface area contributed by atoms with E-state index in [1.165, 1.54) is 0 Å². The van der Waals surface area contributed by atoms with E-state index >= 15 is 0 Å². The van der Waals surface area contributed by atoms with Crippen LogP contribution in [0, 0.1) is 5.41 Å². The van der Waals surface area contributed by atoms with Crippen molar-refractivity contribution in [2.45, 2.75) is 40.2 Å². The summed E-state index contributed by atoms with van der Waals surface area (Å²) in [5, 5.41) is 5.70. The zero-order valence-electron chi connectivity index (χ0n) is 14.1. The summed E-state index contributed by atoms with van der Waals surface area (Å²) < 4.78 is 0. The third kappa shape index (κ3) is 5.52. The standard InChI is InChI=1S/C17H27N3O2.ClH/c1-4-17(5-2,12-18)16(22)20-11-13-7-9-14(10-8-13)15(21)19-6-3;/h7-10H,4-6,11-12,18H2,1-3H3,(H,19,21)(H,20,22);1H. The number of carbonyl (C=O) groups excluding carboxylic acids is 2. The lowest BCUT2D eigenvalue weighted by molar-refractivity contribution is -0.131. The van der Waals surface area contributed by atoms with Crippen LogP contribution in [0.25, 0.3) is 0 Å². The second kappa shape index (κ2) is 10.2. The molecule has 0 saturated heterocycles. The Morgan fingerprint density at radius 2 is 1.61 bits per heavy atom. The van der Waals surface area contributed by atoms with Crippen LogP contribution in [0.15, 0.2) is 24.3 Å². The molecule has 6 heteroatoms. The van der Waals surface area contributed by atoms with Crippen molar-refractivity contribution in [3.8, 4) is 0 Å². The molecule has 0 aliphatic heterocycles. The zero-order valence-corrected chi connectivity index (χ0v) is 15.0. The molecule has 0 heterocycles. The average Bonchev–Trinajstić information content (AvgIpc) is 2.55. The highest BCUT2D eigenvalue weighted by molar-refractivity contribution is 5.94. The van der Waals surface area contributed by atoms with Gasteiger partial charge in [-0.25, -0.2) is 0 Å². The van der Waals surface area contributed by atoms with E-state index in [0.717, 1.165) is 18.4 Å². The van der Waals surface area contributed by atoms with Gasteiger partial charge < -0.3 is 16.4 Å². The normalized spacial score (nSPS) is 10.6. The molecular weight excluding hydrogens is 314 g/mol. The third-order valence-corrected chi connectivity index (χ3v) is 4.23. The van der Waals surface area contributed by atoms with Crippen LogP contribution in [-0.4, -0.2) is 24.9 Å². The molecule has 0 unspecified atom stereocenters. The minimum Gasteiger partial charge on any atom is -0.352 e. The second-order valence-electron chi connectivity index (χ2n) is 5.43. The number of hydrogen-bond donors (Lipinski definition) is 3. The molecule has 0 atom stereocenters. The van der Waals surface area contributed by atoms with E-state index in [0.29, 0.717) is 25.2 Å². The van der Waals surface area contributed by atoms with Crippen LogP contribution in [-0.2, 0) is 11.3 Å². The van der Waals surface area contributed by atoms with Crippen molar-refractivity contribution in [3.63, 3.8) is 0 Å². The molecule has 1 rings (SSSR count). The number of nitrogens with two attached hydrogens (primary N) is 1. The van der Waals surface area contributed by atoms with Gasteiger partial charge in [-0.2, -0.15) is 0 Å². The SMILES string of the molecule is CCNC(=O)c1ccc(CNC(=O)C(CC)(CC)CN)cc1.Cl. The van der Waals surface area contributed by atoms with Gasteiger partial charge >= 0.3 is 0 Å². The van der Waals surface area contributed by atoms with Gasteiger partial charge in [-0.05, 0) is 37.5 Å². The molecule has 0 radical (unpaired) electrons. The number of amides is 2. The van der Waals surface area contributed by atoms with Crippen molar-refractivity contribution in [1.29, 1.82) is 0 Å². The van der Waals surface area contributed by atoms with Crippen LogP contribution >= 0.6 is 12.4 Å². The molecule has 0 aromatic heterocycles. The Morgan fingerprint density at radius 1 is 1.04 bits per heavy atom. The summed E-state index contributed by atoms with van der Waals surface area (Å²) in [5.74, 6) is -0.0926. The predicted molar refractivity (Wildman–Crippen MR) is 95.6 cm³/mol. The van der Waals surface area contributed by atoms with Gasteiger partial charge in [0.1, 0.15) is 0 Å². The van der Waals surface area contributed by atoms with E-state index in [1.54, 1.807) is 12.1 Å². The Bertz CT molecular complexity index is 491. The van der Waals surface area contributed by atoms with E-state index in [1.807, 2.05) is 32.9 Å². The Labute approximate surface area is 144 Å². The Hall–Kier alpha value is -1.59. The van der Waals surface area contributed by atoms with Crippen LogP contribution in [0.5, 0.6) is 0 Å². The van der Waals surface area contributed by atoms with Gasteiger partial charge in [0.15, 0.2) is 0 Å². The Balaban J connectivity index is 0.00000484. The minimum absolute atomic E-state index is 0. The van der Waals surface area contributed by atoms with Gasteiger partial charge in [-0.1, -0.05) is 26.0 Å². The van der Waals surface area contributed by atoms with E-state index < -0.39 is 5.41 Å². The maximum Gasteiger partial charge on any atom is 0.251 e. The fraction of sp³-hybridized carbons (Fsp3) is 0.529. The molecule has 0 fully saturated rings. The van der Waals surface area contributed by atoms with Gasteiger partial charge in [0.05, 0.1) is 5.41 Å². The first kappa shape index (κ1) is 21.4. The Morgan fingerprint density at radius 3 is 2.04 bits per heavy atom. The van der Waals surface area contributed by atoms with Crippen LogP contribution in [0.2, 0.25) is 0 Å². The number of benzene rings is 1. The molecule has 1 aromatic carbocycles. The van der Waals surface area contributed by atoms with Crippen molar-refractivity contribution in [2.75, 3.05) is 13.1 Å². The summed E-state index contributed by atoms with van der Waals surface area (Å²) in [6.45, 7) is 7.24. The summed E-state index contributed by atoms with van der Waals surface area (Å²) in [7, 11) is 0. The van der Waals surface area contributed by atoms with Crippen LogP contribution in [0.1, 0.15) is 49.5 Å². The minimum atomic E-state index is -0.485. The summed E-state index contributed by atoms with van der Waals surface area (Å²) in [6, 6.07) is 7.24. The lowest BCUT2D eigenvalue weighted by Crippen LogP contribution is -2.45. The molecule has 23 heavy (non-hydrogen) atoms. The van der Waals surface area contributed by atoms with E-state index in [-0.39, 0.29) is 24.2 Å². The highest BCUT2D eigenvalue weighted by Gasteiger charge is 2.32. The highest BCUT2D eigenvalue weighted by Crippen LogP contribution is 2.25. The number of nitrogens with one attached hydrogen (secondary N) is 2. The maximum atomic E-state index is 12.3. The third-order valence-electron chi connectivity index (χ3n) is 4.23. The predicted octanol–water partition coefficient (Wildman–Crippen LogP) is 2.24. The number of hydrogen-bond acceptors (Lipinski definition) is 3. The number of halogens is 1. The summed E-state index contributed by atoms with van der Waals surface area (Å²) >= 11 is 0. The topological polar surface area (TPSA) is 84.2 Å². The van der Waals surface area contributed by atoms with E-state index in [2.05, 4.69) is 10.6 Å². The van der Waals surface area contributed by atoms with Crippen molar-refractivity contribution >= 4 is 24.2 Å². The fourth-order valence-electron chi connectivity index (χ4n) is 2.36. The first-order chi connectivity index (χ1) is 10.5. The lowest BCUT2D eigenvalue weighted by atomic mass is 9.81. The molecule has 2 amide bonds. The number of carbonyl (C=O) groups is 2. The molecule has 1 aromatic rings. The molecular formula is C17H28ClN3O2. The summed E-state index contributed by atoms with van der Waals surface area (Å²) in [4.78, 5) is 24.0. The quantitative estimate of drug-likeness (QED) is 0.678. The number of rotatable bonds is 8. The summed E-state index contributed by atoms with van der Waals surface area (Å²) in [6.07, 6.45) is 1.45. The van der Waals surface area contributed by atoms with E-state index in [9.17, 15) is 9.59 Å². The first-order valence-corrected chi connectivity index (χ1v) is 7.88. The van der Waals surface area contributed by atoms with Gasteiger partial charge in [0.2, 0.25) is 5.91 Å². The van der Waals surface area contributed by atoms with Gasteiger partial charge in [-0.3, -0.25) is 9.59 Å². The molecule has 0 bridgehead atoms. The van der Waals surface area contributed by atoms with Gasteiger partial charge in [0.25, 0.3) is 5.91 Å². The van der Waals surface area contributed by atoms with Crippen molar-refractivity contribution in [3.05, 3.63) is 35.4 Å². The molecule has 0 spiro atoms. The maximum absolute atomic E-state index is 12.3.